The van der Waals surface area contributed by atoms with Crippen LogP contribution in [0.25, 0.3) is 0 Å². The van der Waals surface area contributed by atoms with Gasteiger partial charge in [0.1, 0.15) is 12.3 Å². The molecule has 0 N–H and O–H groups in total. The summed E-state index contributed by atoms with van der Waals surface area (Å²) in [5.41, 5.74) is 0.744. The quantitative estimate of drug-likeness (QED) is 0.293. The Bertz CT molecular complexity index is 244. The molecule has 3 nitrogen and oxygen atoms in total. The maximum Gasteiger partial charge on any atom is 0.129 e. The van der Waals surface area contributed by atoms with Gasteiger partial charge in [-0.15, -0.1) is 0 Å². The van der Waals surface area contributed by atoms with Crippen LogP contribution in [0.1, 0.15) is 26.7 Å². The zero-order chi connectivity index (χ0) is 10.2. The molecule has 3 heteroatoms. The van der Waals surface area contributed by atoms with Crippen LogP contribution in [-0.2, 0) is 4.84 Å². The molecule has 0 aromatic carbocycles. The summed E-state index contributed by atoms with van der Waals surface area (Å²) in [6.45, 7) is 7.72. The van der Waals surface area contributed by atoms with Gasteiger partial charge in [0.05, 0.1) is 0 Å². The van der Waals surface area contributed by atoms with E-state index < -0.39 is 0 Å². The van der Waals surface area contributed by atoms with E-state index in [1.54, 1.807) is 6.92 Å². The molecule has 0 spiro atoms. The van der Waals surface area contributed by atoms with Gasteiger partial charge in [-0.25, -0.2) is 0 Å². The van der Waals surface area contributed by atoms with Crippen molar-refractivity contribution in [1.29, 1.82) is 0 Å². The molecule has 0 atom stereocenters. The molecular formula is C11H18N2O. The first kappa shape index (κ1) is 11.1. The average molecular weight is 194 g/mol. The van der Waals surface area contributed by atoms with Gasteiger partial charge in [-0.05, 0) is 45.7 Å². The molecule has 1 fully saturated rings. The number of rotatable bonds is 4. The summed E-state index contributed by atoms with van der Waals surface area (Å²) in [5, 5.41) is 3.89. The lowest BCUT2D eigenvalue weighted by Gasteiger charge is -2.12. The highest BCUT2D eigenvalue weighted by molar-refractivity contribution is 5.97. The van der Waals surface area contributed by atoms with Gasteiger partial charge in [0.2, 0.25) is 0 Å². The molecule has 0 radical (unpaired) electrons. The van der Waals surface area contributed by atoms with Crippen molar-refractivity contribution in [2.45, 2.75) is 26.7 Å². The highest BCUT2D eigenvalue weighted by Crippen LogP contribution is 2.05. The Morgan fingerprint density at radius 2 is 2.14 bits per heavy atom. The summed E-state index contributed by atoms with van der Waals surface area (Å²) in [6.07, 6.45) is 2.65. The SMILES string of the molecule is CC#C/C(C)=N\OCCN1CCCC1. The van der Waals surface area contributed by atoms with Crippen molar-refractivity contribution in [3.63, 3.8) is 0 Å². The molecule has 0 unspecified atom stereocenters. The highest BCUT2D eigenvalue weighted by Gasteiger charge is 2.10. The van der Waals surface area contributed by atoms with Crippen molar-refractivity contribution in [1.82, 2.24) is 4.90 Å². The van der Waals surface area contributed by atoms with Crippen LogP contribution in [0.5, 0.6) is 0 Å². The summed E-state index contributed by atoms with van der Waals surface area (Å²) in [5.74, 6) is 5.61. The van der Waals surface area contributed by atoms with Crippen LogP contribution in [0.2, 0.25) is 0 Å². The number of likely N-dealkylation sites (tertiary alicyclic amines) is 1. The topological polar surface area (TPSA) is 24.8 Å². The molecule has 1 rings (SSSR count). The van der Waals surface area contributed by atoms with E-state index in [1.807, 2.05) is 6.92 Å². The molecule has 1 heterocycles. The summed E-state index contributed by atoms with van der Waals surface area (Å²) in [4.78, 5) is 7.55. The van der Waals surface area contributed by atoms with Crippen LogP contribution in [-0.4, -0.2) is 36.9 Å². The summed E-state index contributed by atoms with van der Waals surface area (Å²) >= 11 is 0. The van der Waals surface area contributed by atoms with Gasteiger partial charge in [0, 0.05) is 6.54 Å². The first-order valence-electron chi connectivity index (χ1n) is 5.14. The zero-order valence-electron chi connectivity index (χ0n) is 9.05. The lowest BCUT2D eigenvalue weighted by Crippen LogP contribution is -2.23. The Balaban J connectivity index is 2.07. The highest BCUT2D eigenvalue weighted by atomic mass is 16.6. The monoisotopic (exact) mass is 194 g/mol. The van der Waals surface area contributed by atoms with Gasteiger partial charge >= 0.3 is 0 Å². The Morgan fingerprint density at radius 3 is 2.79 bits per heavy atom. The molecular weight excluding hydrogens is 176 g/mol. The molecule has 0 aromatic rings. The third kappa shape index (κ3) is 4.29. The molecule has 1 aliphatic rings. The van der Waals surface area contributed by atoms with Crippen LogP contribution in [0.3, 0.4) is 0 Å². The first-order valence-corrected chi connectivity index (χ1v) is 5.14. The van der Waals surface area contributed by atoms with E-state index in [1.165, 1.54) is 25.9 Å². The standard InChI is InChI=1S/C11H18N2O/c1-3-6-11(2)12-14-10-9-13-7-4-5-8-13/h4-5,7-10H2,1-2H3/b12-11-. The minimum absolute atomic E-state index is 0.669. The number of hydrogen-bond acceptors (Lipinski definition) is 3. The first-order chi connectivity index (χ1) is 6.83. The maximum atomic E-state index is 5.15. The Kier molecular flexibility index (Phi) is 5.09. The molecule has 0 aromatic heterocycles. The van der Waals surface area contributed by atoms with Gasteiger partial charge in [-0.1, -0.05) is 11.1 Å². The van der Waals surface area contributed by atoms with Crippen LogP contribution >= 0.6 is 0 Å². The van der Waals surface area contributed by atoms with Crippen molar-refractivity contribution >= 4 is 5.71 Å². The summed E-state index contributed by atoms with van der Waals surface area (Å²) in [6, 6.07) is 0. The lowest BCUT2D eigenvalue weighted by molar-refractivity contribution is 0.119. The molecule has 0 amide bonds. The molecule has 1 saturated heterocycles. The molecule has 14 heavy (non-hydrogen) atoms. The van der Waals surface area contributed by atoms with Gasteiger partial charge in [0.15, 0.2) is 0 Å². The smallest absolute Gasteiger partial charge is 0.129 e. The van der Waals surface area contributed by atoms with E-state index in [9.17, 15) is 0 Å². The molecule has 0 saturated carbocycles. The van der Waals surface area contributed by atoms with Crippen LogP contribution < -0.4 is 0 Å². The van der Waals surface area contributed by atoms with E-state index in [0.717, 1.165) is 12.3 Å². The van der Waals surface area contributed by atoms with Crippen molar-refractivity contribution in [2.24, 2.45) is 5.16 Å². The predicted octanol–water partition coefficient (Wildman–Crippen LogP) is 1.50. The fourth-order valence-electron chi connectivity index (χ4n) is 1.52. The van der Waals surface area contributed by atoms with Crippen LogP contribution in [0, 0.1) is 11.8 Å². The molecule has 0 aliphatic carbocycles. The largest absolute Gasteiger partial charge is 0.394 e. The number of oxime groups is 1. The Hall–Kier alpha value is -1.01. The molecule has 78 valence electrons. The Morgan fingerprint density at radius 1 is 1.43 bits per heavy atom. The second-order valence-corrected chi connectivity index (χ2v) is 3.43. The van der Waals surface area contributed by atoms with E-state index in [4.69, 9.17) is 4.84 Å². The van der Waals surface area contributed by atoms with Gasteiger partial charge < -0.3 is 4.84 Å². The molecule has 0 bridgehead atoms. The maximum absolute atomic E-state index is 5.15. The third-order valence-electron chi connectivity index (χ3n) is 2.20. The fourth-order valence-corrected chi connectivity index (χ4v) is 1.52. The second kappa shape index (κ2) is 6.44. The van der Waals surface area contributed by atoms with Gasteiger partial charge in [-0.3, -0.25) is 4.90 Å². The zero-order valence-corrected chi connectivity index (χ0v) is 9.05. The predicted molar refractivity (Wildman–Crippen MR) is 58.2 cm³/mol. The van der Waals surface area contributed by atoms with Crippen LogP contribution in [0.4, 0.5) is 0 Å². The third-order valence-corrected chi connectivity index (χ3v) is 2.20. The molecule has 1 aliphatic heterocycles. The van der Waals surface area contributed by atoms with E-state index in [-0.39, 0.29) is 0 Å². The van der Waals surface area contributed by atoms with E-state index in [0.29, 0.717) is 6.61 Å². The summed E-state index contributed by atoms with van der Waals surface area (Å²) in [7, 11) is 0. The van der Waals surface area contributed by atoms with Crippen LogP contribution in [0.15, 0.2) is 5.16 Å². The van der Waals surface area contributed by atoms with Crippen molar-refractivity contribution in [3.05, 3.63) is 0 Å². The number of hydrogen-bond donors (Lipinski definition) is 0. The normalized spacial score (nSPS) is 17.7. The summed E-state index contributed by atoms with van der Waals surface area (Å²) < 4.78 is 0. The minimum atomic E-state index is 0.669. The second-order valence-electron chi connectivity index (χ2n) is 3.43. The average Bonchev–Trinajstić information content (AvgIpc) is 2.65. The van der Waals surface area contributed by atoms with E-state index in [2.05, 4.69) is 21.9 Å². The van der Waals surface area contributed by atoms with Crippen molar-refractivity contribution < 1.29 is 4.84 Å². The van der Waals surface area contributed by atoms with Crippen molar-refractivity contribution in [2.75, 3.05) is 26.2 Å². The van der Waals surface area contributed by atoms with E-state index >= 15 is 0 Å². The van der Waals surface area contributed by atoms with Gasteiger partial charge in [-0.2, -0.15) is 0 Å². The fraction of sp³-hybridized carbons (Fsp3) is 0.727. The lowest BCUT2D eigenvalue weighted by atomic mass is 10.4. The Labute approximate surface area is 86.1 Å². The number of nitrogens with zero attached hydrogens (tertiary/aromatic N) is 2. The van der Waals surface area contributed by atoms with Crippen molar-refractivity contribution in [3.8, 4) is 11.8 Å². The minimum Gasteiger partial charge on any atom is -0.394 e. The van der Waals surface area contributed by atoms with Gasteiger partial charge in [0.25, 0.3) is 0 Å².